The van der Waals surface area contributed by atoms with Crippen LogP contribution in [-0.2, 0) is 17.6 Å². The fraction of sp³-hybridized carbons (Fsp3) is 0.231. The lowest BCUT2D eigenvalue weighted by atomic mass is 9.88. The van der Waals surface area contributed by atoms with Crippen LogP contribution in [0.5, 0.6) is 11.6 Å². The first-order chi connectivity index (χ1) is 16.0. The topological polar surface area (TPSA) is 91.7 Å². The molecule has 2 atom stereocenters. The molecule has 170 valence electrons. The van der Waals surface area contributed by atoms with E-state index in [-0.39, 0.29) is 6.04 Å². The summed E-state index contributed by atoms with van der Waals surface area (Å²) >= 11 is 6.03. The Kier molecular flexibility index (Phi) is 7.40. The summed E-state index contributed by atoms with van der Waals surface area (Å²) in [5, 5.41) is 23.5. The van der Waals surface area contributed by atoms with Gasteiger partial charge in [-0.15, -0.1) is 0 Å². The second-order valence-electron chi connectivity index (χ2n) is 8.02. The molecule has 7 heteroatoms. The van der Waals surface area contributed by atoms with Crippen molar-refractivity contribution in [2.24, 2.45) is 0 Å². The number of fused-ring (bicyclic) bond motifs is 1. The Morgan fingerprint density at radius 2 is 2.09 bits per heavy atom. The van der Waals surface area contributed by atoms with Gasteiger partial charge in [0.25, 0.3) is 0 Å². The summed E-state index contributed by atoms with van der Waals surface area (Å²) in [4.78, 5) is 15.1. The third-order valence-corrected chi connectivity index (χ3v) is 5.90. The van der Waals surface area contributed by atoms with Crippen molar-refractivity contribution in [3.8, 4) is 11.6 Å². The number of nitrogens with one attached hydrogen (secondary N) is 1. The van der Waals surface area contributed by atoms with Crippen LogP contribution in [0.3, 0.4) is 0 Å². The average molecular weight is 465 g/mol. The molecule has 0 spiro atoms. The number of hydrogen-bond acceptors (Lipinski definition) is 5. The minimum absolute atomic E-state index is 0.241. The normalized spacial score (nSPS) is 16.4. The highest BCUT2D eigenvalue weighted by Crippen LogP contribution is 2.30. The van der Waals surface area contributed by atoms with Crippen molar-refractivity contribution >= 4 is 23.6 Å². The minimum atomic E-state index is -1.03. The number of carboxylic acids is 1. The maximum absolute atomic E-state index is 10.8. The highest BCUT2D eigenvalue weighted by Gasteiger charge is 2.20. The van der Waals surface area contributed by atoms with Gasteiger partial charge in [-0.2, -0.15) is 0 Å². The number of pyridine rings is 1. The van der Waals surface area contributed by atoms with Gasteiger partial charge in [-0.25, -0.2) is 9.78 Å². The summed E-state index contributed by atoms with van der Waals surface area (Å²) in [5.41, 5.74) is 3.85. The number of nitrogens with zero attached hydrogens (tertiary/aromatic N) is 1. The van der Waals surface area contributed by atoms with Gasteiger partial charge in [0.15, 0.2) is 0 Å². The first-order valence-corrected chi connectivity index (χ1v) is 11.2. The van der Waals surface area contributed by atoms with Gasteiger partial charge in [-0.1, -0.05) is 29.8 Å². The summed E-state index contributed by atoms with van der Waals surface area (Å²) in [5.74, 6) is -0.0280. The summed E-state index contributed by atoms with van der Waals surface area (Å²) in [6.07, 6.45) is 6.26. The smallest absolute Gasteiger partial charge is 0.328 e. The largest absolute Gasteiger partial charge is 0.478 e. The van der Waals surface area contributed by atoms with Crippen LogP contribution in [0, 0.1) is 0 Å². The lowest BCUT2D eigenvalue weighted by Crippen LogP contribution is -2.37. The maximum atomic E-state index is 10.8. The minimum Gasteiger partial charge on any atom is -0.478 e. The highest BCUT2D eigenvalue weighted by molar-refractivity contribution is 6.30. The number of aliphatic hydroxyl groups is 1. The number of aryl methyl sites for hydroxylation is 1. The zero-order valence-corrected chi connectivity index (χ0v) is 18.7. The molecule has 0 fully saturated rings. The molecule has 0 amide bonds. The quantitative estimate of drug-likeness (QED) is 0.414. The molecule has 1 aliphatic carbocycles. The van der Waals surface area contributed by atoms with Crippen LogP contribution in [0.25, 0.3) is 6.08 Å². The Morgan fingerprint density at radius 1 is 1.21 bits per heavy atom. The number of benzene rings is 2. The van der Waals surface area contributed by atoms with Crippen LogP contribution >= 0.6 is 11.6 Å². The van der Waals surface area contributed by atoms with E-state index < -0.39 is 12.1 Å². The molecule has 2 aromatic carbocycles. The van der Waals surface area contributed by atoms with Gasteiger partial charge in [0.1, 0.15) is 5.75 Å². The van der Waals surface area contributed by atoms with E-state index in [2.05, 4.69) is 16.4 Å². The number of aromatic nitrogens is 1. The fourth-order valence-electron chi connectivity index (χ4n) is 3.97. The van der Waals surface area contributed by atoms with Gasteiger partial charge in [-0.05, 0) is 78.4 Å². The van der Waals surface area contributed by atoms with Crippen LogP contribution in [0.2, 0.25) is 5.02 Å². The number of carboxylic acid groups (broad SMARTS) is 1. The monoisotopic (exact) mass is 464 g/mol. The van der Waals surface area contributed by atoms with E-state index >= 15 is 0 Å². The second-order valence-corrected chi connectivity index (χ2v) is 8.46. The molecular weight excluding hydrogens is 440 g/mol. The molecule has 1 heterocycles. The molecule has 1 aliphatic rings. The van der Waals surface area contributed by atoms with Crippen molar-refractivity contribution in [3.63, 3.8) is 0 Å². The molecule has 33 heavy (non-hydrogen) atoms. The third kappa shape index (κ3) is 6.20. The van der Waals surface area contributed by atoms with Crippen LogP contribution in [-0.4, -0.2) is 33.8 Å². The van der Waals surface area contributed by atoms with E-state index in [1.807, 2.05) is 24.3 Å². The Hall–Kier alpha value is -3.19. The first kappa shape index (κ1) is 23.0. The number of ether oxygens (including phenoxy) is 1. The SMILES string of the molecule is O=C(O)/C=C/c1cccnc1Oc1ccc2c(c1)C[C@@H](NC[C@H](O)c1cccc(Cl)c1)CC2. The molecule has 0 saturated carbocycles. The number of hydrogen-bond donors (Lipinski definition) is 3. The molecule has 0 radical (unpaired) electrons. The molecule has 0 saturated heterocycles. The molecular formula is C26H25ClN2O4. The van der Waals surface area contributed by atoms with E-state index in [9.17, 15) is 9.90 Å². The third-order valence-electron chi connectivity index (χ3n) is 5.66. The van der Waals surface area contributed by atoms with E-state index in [0.717, 1.165) is 30.9 Å². The molecule has 3 N–H and O–H groups in total. The zero-order valence-electron chi connectivity index (χ0n) is 17.9. The van der Waals surface area contributed by atoms with Gasteiger partial charge in [0, 0.05) is 35.4 Å². The van der Waals surface area contributed by atoms with Crippen molar-refractivity contribution in [2.75, 3.05) is 6.54 Å². The van der Waals surface area contributed by atoms with Gasteiger partial charge in [-0.3, -0.25) is 0 Å². The van der Waals surface area contributed by atoms with E-state index in [1.54, 1.807) is 30.5 Å². The Labute approximate surface area is 197 Å². The van der Waals surface area contributed by atoms with Gasteiger partial charge >= 0.3 is 5.97 Å². The molecule has 0 bridgehead atoms. The second kappa shape index (κ2) is 10.6. The van der Waals surface area contributed by atoms with Crippen molar-refractivity contribution < 1.29 is 19.7 Å². The highest BCUT2D eigenvalue weighted by atomic mass is 35.5. The lowest BCUT2D eigenvalue weighted by Gasteiger charge is -2.27. The standard InChI is InChI=1S/C26H25ClN2O4/c27-21-5-1-3-19(13-21)24(30)16-29-22-9-6-17-7-10-23(15-20(17)14-22)33-26-18(4-2-12-28-26)8-11-25(31)32/h1-5,7-8,10-13,15,22,24,29-30H,6,9,14,16H2,(H,31,32)/b11-8+/t22-,24-/m0/s1. The lowest BCUT2D eigenvalue weighted by molar-refractivity contribution is -0.131. The van der Waals surface area contributed by atoms with Crippen molar-refractivity contribution in [1.29, 1.82) is 0 Å². The predicted molar refractivity (Wildman–Crippen MR) is 128 cm³/mol. The number of rotatable bonds is 8. The van der Waals surface area contributed by atoms with E-state index in [0.29, 0.717) is 28.8 Å². The van der Waals surface area contributed by atoms with Crippen molar-refractivity contribution in [3.05, 3.63) is 94.1 Å². The van der Waals surface area contributed by atoms with Gasteiger partial charge < -0.3 is 20.3 Å². The number of aliphatic carboxylic acids is 1. The average Bonchev–Trinajstić information content (AvgIpc) is 2.81. The van der Waals surface area contributed by atoms with Crippen LogP contribution in [0.15, 0.2) is 66.9 Å². The summed E-state index contributed by atoms with van der Waals surface area (Å²) in [6, 6.07) is 17.0. The number of halogens is 1. The van der Waals surface area contributed by atoms with Gasteiger partial charge in [0.2, 0.25) is 5.88 Å². The fourth-order valence-corrected chi connectivity index (χ4v) is 4.17. The molecule has 1 aromatic heterocycles. The Bertz CT molecular complexity index is 1160. The molecule has 0 unspecified atom stereocenters. The Balaban J connectivity index is 1.41. The molecule has 0 aliphatic heterocycles. The Morgan fingerprint density at radius 3 is 2.91 bits per heavy atom. The van der Waals surface area contributed by atoms with Gasteiger partial charge in [0.05, 0.1) is 6.10 Å². The first-order valence-electron chi connectivity index (χ1n) is 10.8. The van der Waals surface area contributed by atoms with E-state index in [1.165, 1.54) is 17.2 Å². The molecule has 6 nitrogen and oxygen atoms in total. The summed E-state index contributed by atoms with van der Waals surface area (Å²) < 4.78 is 5.98. The number of aliphatic hydroxyl groups excluding tert-OH is 1. The molecule has 4 rings (SSSR count). The van der Waals surface area contributed by atoms with Crippen LogP contribution in [0.1, 0.15) is 34.8 Å². The summed E-state index contributed by atoms with van der Waals surface area (Å²) in [7, 11) is 0. The number of carbonyl (C=O) groups is 1. The summed E-state index contributed by atoms with van der Waals surface area (Å²) in [6.45, 7) is 0.448. The molecule has 3 aromatic rings. The van der Waals surface area contributed by atoms with Crippen LogP contribution < -0.4 is 10.1 Å². The maximum Gasteiger partial charge on any atom is 0.328 e. The predicted octanol–water partition coefficient (Wildman–Crippen LogP) is 4.81. The van der Waals surface area contributed by atoms with Crippen molar-refractivity contribution in [2.45, 2.75) is 31.4 Å². The zero-order chi connectivity index (χ0) is 23.2. The van der Waals surface area contributed by atoms with Crippen LogP contribution in [0.4, 0.5) is 0 Å². The van der Waals surface area contributed by atoms with Crippen molar-refractivity contribution in [1.82, 2.24) is 10.3 Å². The van der Waals surface area contributed by atoms with E-state index in [4.69, 9.17) is 21.4 Å².